The lowest BCUT2D eigenvalue weighted by Gasteiger charge is -2.28. The number of hydrogen-bond acceptors (Lipinski definition) is 8. The monoisotopic (exact) mass is 860 g/mol. The molecule has 0 aliphatic heterocycles. The van der Waals surface area contributed by atoms with Gasteiger partial charge in [0, 0.05) is 12.8 Å². The normalized spacial score (nSPS) is 14.3. The van der Waals surface area contributed by atoms with Crippen molar-refractivity contribution >= 4 is 19.8 Å². The van der Waals surface area contributed by atoms with Gasteiger partial charge < -0.3 is 27.9 Å². The van der Waals surface area contributed by atoms with Gasteiger partial charge in [-0.05, 0) is 77.0 Å². The van der Waals surface area contributed by atoms with Crippen molar-refractivity contribution < 1.29 is 42.1 Å². The van der Waals surface area contributed by atoms with E-state index in [4.69, 9.17) is 18.5 Å². The zero-order chi connectivity index (χ0) is 44.3. The number of ether oxygens (including phenoxy) is 2. The topological polar surface area (TPSA) is 111 Å². The number of rotatable bonds is 41. The third kappa shape index (κ3) is 44.7. The highest BCUT2D eigenvalue weighted by atomic mass is 31.2. The number of likely N-dealkylation sites (N-methyl/N-ethyl adjacent to an activating group) is 1. The molecule has 0 radical (unpaired) electrons. The van der Waals surface area contributed by atoms with Gasteiger partial charge in [0.2, 0.25) is 0 Å². The van der Waals surface area contributed by atoms with Crippen LogP contribution in [0.4, 0.5) is 0 Å². The van der Waals surface area contributed by atoms with Gasteiger partial charge in [-0.3, -0.25) is 14.2 Å². The van der Waals surface area contributed by atoms with Crippen LogP contribution in [-0.2, 0) is 32.7 Å². The van der Waals surface area contributed by atoms with Gasteiger partial charge in [0.25, 0.3) is 7.82 Å². The number of carbonyl (C=O) groups excluding carboxylic acids is 2. The first-order valence-electron chi connectivity index (χ1n) is 23.3. The molecule has 0 saturated heterocycles. The predicted octanol–water partition coefficient (Wildman–Crippen LogP) is 12.9. The smallest absolute Gasteiger partial charge is 0.306 e. The van der Waals surface area contributed by atoms with Gasteiger partial charge in [-0.25, -0.2) is 0 Å². The average molecular weight is 860 g/mol. The van der Waals surface area contributed by atoms with E-state index in [0.717, 1.165) is 70.6 Å². The van der Waals surface area contributed by atoms with E-state index >= 15 is 0 Å². The summed E-state index contributed by atoms with van der Waals surface area (Å²) < 4.78 is 33.8. The number of esters is 2. The van der Waals surface area contributed by atoms with Crippen molar-refractivity contribution in [1.29, 1.82) is 0 Å². The summed E-state index contributed by atoms with van der Waals surface area (Å²) in [6.07, 6.45) is 53.4. The quantitative estimate of drug-likeness (QED) is 0.0196. The molecule has 0 rings (SSSR count). The van der Waals surface area contributed by atoms with E-state index in [1.54, 1.807) is 0 Å². The number of phosphoric acid groups is 1. The van der Waals surface area contributed by atoms with Crippen molar-refractivity contribution in [2.75, 3.05) is 47.5 Å². The Morgan fingerprint density at radius 3 is 1.48 bits per heavy atom. The van der Waals surface area contributed by atoms with Crippen LogP contribution in [-0.4, -0.2) is 70.0 Å². The summed E-state index contributed by atoms with van der Waals surface area (Å²) in [6, 6.07) is 0. The van der Waals surface area contributed by atoms with Crippen molar-refractivity contribution in [3.63, 3.8) is 0 Å². The Morgan fingerprint density at radius 1 is 0.533 bits per heavy atom. The molecule has 344 valence electrons. The first-order valence-corrected chi connectivity index (χ1v) is 24.8. The fraction of sp³-hybridized carbons (Fsp3) is 0.680. The molecule has 9 nitrogen and oxygen atoms in total. The fourth-order valence-electron chi connectivity index (χ4n) is 5.79. The van der Waals surface area contributed by atoms with E-state index in [-0.39, 0.29) is 26.1 Å². The van der Waals surface area contributed by atoms with Crippen LogP contribution in [0.3, 0.4) is 0 Å². The highest BCUT2D eigenvalue weighted by molar-refractivity contribution is 7.45. The van der Waals surface area contributed by atoms with Crippen molar-refractivity contribution in [1.82, 2.24) is 0 Å². The molecular formula is C50H86NO8P. The Kier molecular flexibility index (Phi) is 39.6. The second kappa shape index (κ2) is 41.5. The van der Waals surface area contributed by atoms with Crippen LogP contribution in [0, 0.1) is 0 Å². The van der Waals surface area contributed by atoms with Gasteiger partial charge in [-0.15, -0.1) is 0 Å². The van der Waals surface area contributed by atoms with E-state index in [1.807, 2.05) is 33.3 Å². The molecule has 0 bridgehead atoms. The van der Waals surface area contributed by atoms with Crippen LogP contribution in [0.15, 0.2) is 85.1 Å². The maximum atomic E-state index is 12.6. The van der Waals surface area contributed by atoms with E-state index in [2.05, 4.69) is 86.8 Å². The number of phosphoric ester groups is 1. The molecule has 0 fully saturated rings. The Morgan fingerprint density at radius 2 is 0.983 bits per heavy atom. The van der Waals surface area contributed by atoms with Crippen molar-refractivity contribution in [2.45, 2.75) is 174 Å². The van der Waals surface area contributed by atoms with Crippen LogP contribution < -0.4 is 4.89 Å². The minimum absolute atomic E-state index is 0.0462. The molecule has 10 heteroatoms. The first-order chi connectivity index (χ1) is 29.0. The van der Waals surface area contributed by atoms with Crippen molar-refractivity contribution in [2.24, 2.45) is 0 Å². The zero-order valence-corrected chi connectivity index (χ0v) is 39.5. The fourth-order valence-corrected chi connectivity index (χ4v) is 6.52. The highest BCUT2D eigenvalue weighted by Gasteiger charge is 2.21. The summed E-state index contributed by atoms with van der Waals surface area (Å²) >= 11 is 0. The predicted molar refractivity (Wildman–Crippen MR) is 249 cm³/mol. The van der Waals surface area contributed by atoms with Gasteiger partial charge >= 0.3 is 11.9 Å². The molecule has 60 heavy (non-hydrogen) atoms. The summed E-state index contributed by atoms with van der Waals surface area (Å²) in [5.74, 6) is -0.933. The van der Waals surface area contributed by atoms with E-state index in [0.29, 0.717) is 23.9 Å². The lowest BCUT2D eigenvalue weighted by molar-refractivity contribution is -0.870. The van der Waals surface area contributed by atoms with Crippen molar-refractivity contribution in [3.05, 3.63) is 85.1 Å². The largest absolute Gasteiger partial charge is 0.756 e. The zero-order valence-electron chi connectivity index (χ0n) is 38.6. The van der Waals surface area contributed by atoms with Gasteiger partial charge in [-0.2, -0.15) is 0 Å². The molecule has 0 aromatic heterocycles. The third-order valence-corrected chi connectivity index (χ3v) is 10.4. The molecule has 0 N–H and O–H groups in total. The van der Waals surface area contributed by atoms with Crippen LogP contribution in [0.2, 0.25) is 0 Å². The highest BCUT2D eigenvalue weighted by Crippen LogP contribution is 2.38. The molecule has 0 heterocycles. The van der Waals surface area contributed by atoms with Crippen LogP contribution in [0.25, 0.3) is 0 Å². The number of allylic oxidation sites excluding steroid dienone is 14. The molecule has 0 spiro atoms. The number of unbranched alkanes of at least 4 members (excludes halogenated alkanes) is 13. The minimum atomic E-state index is -4.65. The summed E-state index contributed by atoms with van der Waals surface area (Å²) in [5.41, 5.74) is 0. The lowest BCUT2D eigenvalue weighted by Crippen LogP contribution is -2.37. The Bertz CT molecular complexity index is 1290. The Hall–Kier alpha value is -2.81. The standard InChI is InChI=1S/C50H86NO8P/c1-6-8-10-12-14-16-18-20-21-22-23-24-25-26-27-28-29-31-32-34-36-38-40-42-49(52)56-46-48(47-58-60(54,55)57-45-44-51(3,4)5)59-50(53)43-41-39-37-35-33-30-19-17-15-13-11-9-7-2/h8,10,14,16,20-21,23-24,26-27,30,33,37,39,48H,6-7,9,11-13,15,17-19,22,25,28-29,31-32,34-36,38,40-47H2,1-5H3/b10-8+,16-14+,21-20+,24-23+,27-26+,33-30+,39-37+. The molecule has 0 amide bonds. The second-order valence-corrected chi connectivity index (χ2v) is 17.8. The second-order valence-electron chi connectivity index (χ2n) is 16.4. The number of hydrogen-bond donors (Lipinski definition) is 0. The van der Waals surface area contributed by atoms with Crippen LogP contribution in [0.1, 0.15) is 168 Å². The van der Waals surface area contributed by atoms with E-state index in [1.165, 1.54) is 57.8 Å². The number of quaternary nitrogens is 1. The van der Waals surface area contributed by atoms with E-state index < -0.39 is 32.5 Å². The summed E-state index contributed by atoms with van der Waals surface area (Å²) in [7, 11) is 1.11. The molecule has 2 atom stereocenters. The molecular weight excluding hydrogens is 774 g/mol. The van der Waals surface area contributed by atoms with E-state index in [9.17, 15) is 19.0 Å². The molecule has 0 aliphatic carbocycles. The Labute approximate surface area is 367 Å². The van der Waals surface area contributed by atoms with Gasteiger partial charge in [0.1, 0.15) is 19.8 Å². The summed E-state index contributed by atoms with van der Waals surface area (Å²) in [4.78, 5) is 37.5. The summed E-state index contributed by atoms with van der Waals surface area (Å²) in [5, 5.41) is 0. The van der Waals surface area contributed by atoms with Gasteiger partial charge in [0.15, 0.2) is 6.10 Å². The molecule has 0 aromatic carbocycles. The lowest BCUT2D eigenvalue weighted by atomic mass is 10.1. The average Bonchev–Trinajstić information content (AvgIpc) is 3.20. The SMILES string of the molecule is CC/C=C/C/C=C/C/C=C/C/C=C/C/C=C/CCCCCCCCCC(=O)OCC(COP(=O)([O-])OCC[N+](C)(C)C)OC(=O)CC/C=C/C/C=C/CCCCCCCC. The summed E-state index contributed by atoms with van der Waals surface area (Å²) in [6.45, 7) is 4.01. The maximum absolute atomic E-state index is 12.6. The molecule has 0 saturated carbocycles. The third-order valence-electron chi connectivity index (χ3n) is 9.41. The molecule has 2 unspecified atom stereocenters. The van der Waals surface area contributed by atoms with Crippen LogP contribution in [0.5, 0.6) is 0 Å². The van der Waals surface area contributed by atoms with Crippen molar-refractivity contribution in [3.8, 4) is 0 Å². The first kappa shape index (κ1) is 57.2. The number of nitrogens with zero attached hydrogens (tertiary/aromatic N) is 1. The van der Waals surface area contributed by atoms with Gasteiger partial charge in [-0.1, -0.05) is 163 Å². The van der Waals surface area contributed by atoms with Gasteiger partial charge in [0.05, 0.1) is 27.7 Å². The molecule has 0 aliphatic rings. The van der Waals surface area contributed by atoms with Crippen LogP contribution >= 0.6 is 7.82 Å². The molecule has 0 aromatic rings. The minimum Gasteiger partial charge on any atom is -0.756 e. The number of carbonyl (C=O) groups is 2. The Balaban J connectivity index is 4.36. The maximum Gasteiger partial charge on any atom is 0.306 e.